The van der Waals surface area contributed by atoms with E-state index in [0.29, 0.717) is 0 Å². The number of nitrogens with two attached hydrogens (primary N) is 1. The molecule has 0 fully saturated rings. The van der Waals surface area contributed by atoms with Gasteiger partial charge in [-0.25, -0.2) is 4.39 Å². The molecule has 3 N–H and O–H groups in total. The summed E-state index contributed by atoms with van der Waals surface area (Å²) in [6.45, 7) is 0. The molecule has 0 saturated carbocycles. The summed E-state index contributed by atoms with van der Waals surface area (Å²) in [6, 6.07) is 1.03. The lowest BCUT2D eigenvalue weighted by Crippen LogP contribution is -1.90. The van der Waals surface area contributed by atoms with Gasteiger partial charge in [0, 0.05) is 0 Å². The fraction of sp³-hybridized carbons (Fsp3) is 0. The molecule has 0 bridgehead atoms. The normalized spacial score (nSPS) is 10.1. The van der Waals surface area contributed by atoms with Gasteiger partial charge in [0.15, 0.2) is 5.75 Å². The first-order chi connectivity index (χ1) is 5.04. The number of halogens is 3. The third-order valence-electron chi connectivity index (χ3n) is 1.18. The van der Waals surface area contributed by atoms with E-state index in [1.807, 2.05) is 0 Å². The SMILES string of the molecule is Nc1c(Cl)cc(F)c(Br)c1O. The zero-order valence-electron chi connectivity index (χ0n) is 5.24. The van der Waals surface area contributed by atoms with E-state index >= 15 is 0 Å². The fourth-order valence-electron chi connectivity index (χ4n) is 0.597. The Kier molecular flexibility index (Phi) is 2.25. The smallest absolute Gasteiger partial charge is 0.157 e. The molecular weight excluding hydrogens is 236 g/mol. The summed E-state index contributed by atoms with van der Waals surface area (Å²) < 4.78 is 12.6. The van der Waals surface area contributed by atoms with Crippen molar-refractivity contribution in [3.05, 3.63) is 21.4 Å². The number of anilines is 1. The minimum Gasteiger partial charge on any atom is -0.505 e. The third-order valence-corrected chi connectivity index (χ3v) is 2.25. The molecule has 60 valence electrons. The van der Waals surface area contributed by atoms with Gasteiger partial charge in [-0.2, -0.15) is 0 Å². The lowest BCUT2D eigenvalue weighted by Gasteiger charge is -2.03. The van der Waals surface area contributed by atoms with Crippen molar-refractivity contribution in [1.82, 2.24) is 0 Å². The van der Waals surface area contributed by atoms with E-state index in [4.69, 9.17) is 22.4 Å². The highest BCUT2D eigenvalue weighted by molar-refractivity contribution is 9.10. The van der Waals surface area contributed by atoms with E-state index in [9.17, 15) is 4.39 Å². The summed E-state index contributed by atoms with van der Waals surface area (Å²) in [6.07, 6.45) is 0. The highest BCUT2D eigenvalue weighted by atomic mass is 79.9. The molecule has 1 aromatic carbocycles. The molecule has 0 aliphatic carbocycles. The van der Waals surface area contributed by atoms with Crippen molar-refractivity contribution in [3.8, 4) is 5.75 Å². The Bertz CT molecular complexity index is 279. The van der Waals surface area contributed by atoms with Crippen molar-refractivity contribution in [3.63, 3.8) is 0 Å². The molecule has 1 aromatic rings. The van der Waals surface area contributed by atoms with Crippen molar-refractivity contribution in [2.45, 2.75) is 0 Å². The number of benzene rings is 1. The van der Waals surface area contributed by atoms with Gasteiger partial charge in [-0.05, 0) is 22.0 Å². The summed E-state index contributed by atoms with van der Waals surface area (Å²) >= 11 is 8.25. The second kappa shape index (κ2) is 2.87. The topological polar surface area (TPSA) is 46.2 Å². The summed E-state index contributed by atoms with van der Waals surface area (Å²) in [4.78, 5) is 0. The van der Waals surface area contributed by atoms with Gasteiger partial charge in [0.1, 0.15) is 5.82 Å². The zero-order valence-corrected chi connectivity index (χ0v) is 7.58. The molecule has 11 heavy (non-hydrogen) atoms. The Morgan fingerprint density at radius 2 is 2.18 bits per heavy atom. The van der Waals surface area contributed by atoms with Crippen LogP contribution in [0.3, 0.4) is 0 Å². The maximum atomic E-state index is 12.7. The molecule has 0 amide bonds. The van der Waals surface area contributed by atoms with Crippen LogP contribution in [0, 0.1) is 5.82 Å². The minimum absolute atomic E-state index is 0.00296. The quantitative estimate of drug-likeness (QED) is 0.416. The van der Waals surface area contributed by atoms with Crippen molar-refractivity contribution in [2.75, 3.05) is 5.73 Å². The first-order valence-corrected chi connectivity index (χ1v) is 3.83. The predicted molar refractivity (Wildman–Crippen MR) is 45.2 cm³/mol. The largest absolute Gasteiger partial charge is 0.505 e. The average molecular weight is 240 g/mol. The molecule has 0 radical (unpaired) electrons. The Morgan fingerprint density at radius 1 is 1.64 bits per heavy atom. The van der Waals surface area contributed by atoms with Gasteiger partial charge in [-0.3, -0.25) is 0 Å². The highest BCUT2D eigenvalue weighted by Crippen LogP contribution is 2.37. The van der Waals surface area contributed by atoms with Gasteiger partial charge in [0.25, 0.3) is 0 Å². The summed E-state index contributed by atoms with van der Waals surface area (Å²) in [7, 11) is 0. The summed E-state index contributed by atoms with van der Waals surface area (Å²) in [5.41, 5.74) is 5.25. The molecule has 0 aliphatic rings. The lowest BCUT2D eigenvalue weighted by molar-refractivity contribution is 0.467. The fourth-order valence-corrected chi connectivity index (χ4v) is 1.11. The van der Waals surface area contributed by atoms with Crippen LogP contribution in [0.1, 0.15) is 0 Å². The maximum Gasteiger partial charge on any atom is 0.157 e. The van der Waals surface area contributed by atoms with Crippen LogP contribution < -0.4 is 5.73 Å². The van der Waals surface area contributed by atoms with E-state index in [1.54, 1.807) is 0 Å². The number of aromatic hydroxyl groups is 1. The minimum atomic E-state index is -0.637. The van der Waals surface area contributed by atoms with E-state index in [0.717, 1.165) is 6.07 Å². The van der Waals surface area contributed by atoms with Crippen molar-refractivity contribution >= 4 is 33.2 Å². The Morgan fingerprint density at radius 3 is 2.73 bits per heavy atom. The lowest BCUT2D eigenvalue weighted by atomic mass is 10.3. The van der Waals surface area contributed by atoms with Gasteiger partial charge in [0.2, 0.25) is 0 Å². The van der Waals surface area contributed by atoms with Gasteiger partial charge < -0.3 is 10.8 Å². The number of hydrogen-bond donors (Lipinski definition) is 2. The molecule has 0 aromatic heterocycles. The van der Waals surface area contributed by atoms with Gasteiger partial charge in [0.05, 0.1) is 15.2 Å². The van der Waals surface area contributed by atoms with Crippen LogP contribution in [0.15, 0.2) is 10.5 Å². The number of rotatable bonds is 0. The van der Waals surface area contributed by atoms with Gasteiger partial charge in [-0.1, -0.05) is 11.6 Å². The maximum absolute atomic E-state index is 12.7. The number of hydrogen-bond acceptors (Lipinski definition) is 2. The molecule has 2 nitrogen and oxygen atoms in total. The van der Waals surface area contributed by atoms with E-state index in [2.05, 4.69) is 15.9 Å². The van der Waals surface area contributed by atoms with Crippen LogP contribution in [0.25, 0.3) is 0 Å². The Labute approximate surface area is 75.9 Å². The first kappa shape index (κ1) is 8.62. The van der Waals surface area contributed by atoms with Gasteiger partial charge >= 0.3 is 0 Å². The monoisotopic (exact) mass is 239 g/mol. The molecule has 0 atom stereocenters. The molecular formula is C6H4BrClFNO. The third kappa shape index (κ3) is 1.41. The van der Waals surface area contributed by atoms with Crippen molar-refractivity contribution in [1.29, 1.82) is 0 Å². The second-order valence-electron chi connectivity index (χ2n) is 1.92. The van der Waals surface area contributed by atoms with Crippen LogP contribution in [0.4, 0.5) is 10.1 Å². The van der Waals surface area contributed by atoms with Gasteiger partial charge in [-0.15, -0.1) is 0 Å². The van der Waals surface area contributed by atoms with Crippen LogP contribution in [0.5, 0.6) is 5.75 Å². The highest BCUT2D eigenvalue weighted by Gasteiger charge is 2.11. The van der Waals surface area contributed by atoms with Crippen LogP contribution >= 0.6 is 27.5 Å². The van der Waals surface area contributed by atoms with Crippen molar-refractivity contribution in [2.24, 2.45) is 0 Å². The molecule has 0 heterocycles. The van der Waals surface area contributed by atoms with E-state index in [-0.39, 0.29) is 20.9 Å². The van der Waals surface area contributed by atoms with Crippen LogP contribution in [0.2, 0.25) is 5.02 Å². The van der Waals surface area contributed by atoms with E-state index in [1.165, 1.54) is 0 Å². The standard InChI is InChI=1S/C6H4BrClFNO/c7-4-3(9)1-2(8)5(10)6(4)11/h1,11H,10H2. The molecule has 0 unspecified atom stereocenters. The number of phenolic OH excluding ortho intramolecular Hbond substituents is 1. The van der Waals surface area contributed by atoms with Crippen molar-refractivity contribution < 1.29 is 9.50 Å². The Balaban J connectivity index is 3.46. The van der Waals surface area contributed by atoms with E-state index < -0.39 is 5.82 Å². The molecule has 5 heteroatoms. The average Bonchev–Trinajstić information content (AvgIpc) is 1.97. The number of nitrogen functional groups attached to an aromatic ring is 1. The second-order valence-corrected chi connectivity index (χ2v) is 3.12. The summed E-state index contributed by atoms with van der Waals surface area (Å²) in [5, 5.41) is 9.07. The molecule has 1 rings (SSSR count). The Hall–Kier alpha value is -0.480. The molecule has 0 spiro atoms. The summed E-state index contributed by atoms with van der Waals surface area (Å²) in [5.74, 6) is -1.00. The number of phenols is 1. The zero-order chi connectivity index (χ0) is 8.59. The first-order valence-electron chi connectivity index (χ1n) is 2.66. The predicted octanol–water partition coefficient (Wildman–Crippen LogP) is 2.53. The molecule has 0 aliphatic heterocycles. The van der Waals surface area contributed by atoms with Crippen LogP contribution in [-0.4, -0.2) is 5.11 Å². The molecule has 0 saturated heterocycles. The van der Waals surface area contributed by atoms with Crippen LogP contribution in [-0.2, 0) is 0 Å².